The van der Waals surface area contributed by atoms with E-state index in [1.807, 2.05) is 0 Å². The number of aliphatic hydroxyl groups excluding tert-OH is 1. The van der Waals surface area contributed by atoms with Gasteiger partial charge in [-0.3, -0.25) is 0 Å². The van der Waals surface area contributed by atoms with E-state index in [4.69, 9.17) is 15.4 Å². The molecule has 0 bridgehead atoms. The van der Waals surface area contributed by atoms with Crippen LogP contribution in [0.25, 0.3) is 0 Å². The van der Waals surface area contributed by atoms with Gasteiger partial charge in [-0.15, -0.1) is 0 Å². The Morgan fingerprint density at radius 1 is 1.67 bits per heavy atom. The predicted octanol–water partition coefficient (Wildman–Crippen LogP) is -1.08. The summed E-state index contributed by atoms with van der Waals surface area (Å²) in [4.78, 5) is 0. The van der Waals surface area contributed by atoms with Crippen LogP contribution in [0.4, 0.5) is 0 Å². The van der Waals surface area contributed by atoms with E-state index in [1.165, 1.54) is 0 Å². The summed E-state index contributed by atoms with van der Waals surface area (Å²) in [6, 6.07) is 0. The first kappa shape index (κ1) is 9.03. The predicted molar refractivity (Wildman–Crippen MR) is 35.3 cm³/mol. The second-order valence-corrected chi connectivity index (χ2v) is 2.87. The molecule has 4 nitrogen and oxygen atoms in total. The van der Waals surface area contributed by atoms with Crippen LogP contribution in [0.3, 0.4) is 0 Å². The lowest BCUT2D eigenvalue weighted by Crippen LogP contribution is -2.25. The molecule has 0 aliphatic rings. The van der Waals surface area contributed by atoms with Gasteiger partial charge in [0.15, 0.2) is 11.1 Å². The molecule has 0 heterocycles. The smallest absolute Gasteiger partial charge is 0.157 e. The molecule has 2 atom stereocenters. The highest BCUT2D eigenvalue weighted by Crippen LogP contribution is 1.95. The Labute approximate surface area is 56.3 Å². The van der Waals surface area contributed by atoms with Crippen molar-refractivity contribution >= 4 is 11.1 Å². The number of nitrogens with two attached hydrogens (primary N) is 1. The maximum absolute atomic E-state index is 10.2. The Hall–Kier alpha value is 0.0300. The largest absolute Gasteiger partial charge is 0.396 e. The van der Waals surface area contributed by atoms with Crippen LogP contribution < -0.4 is 5.73 Å². The van der Waals surface area contributed by atoms with Gasteiger partial charge in [-0.05, 0) is 6.42 Å². The molecule has 0 fully saturated rings. The van der Waals surface area contributed by atoms with Crippen molar-refractivity contribution in [3.63, 3.8) is 0 Å². The van der Waals surface area contributed by atoms with Gasteiger partial charge in [-0.1, -0.05) is 0 Å². The Morgan fingerprint density at radius 2 is 2.22 bits per heavy atom. The van der Waals surface area contributed by atoms with E-state index in [0.29, 0.717) is 6.42 Å². The summed E-state index contributed by atoms with van der Waals surface area (Å²) in [7, 11) is 0. The molecule has 0 rings (SSSR count). The summed E-state index contributed by atoms with van der Waals surface area (Å²) >= 11 is -1.89. The second kappa shape index (κ2) is 4.87. The first-order chi connectivity index (χ1) is 4.22. The lowest BCUT2D eigenvalue weighted by molar-refractivity contribution is 0.285. The molecule has 0 aliphatic heterocycles. The van der Waals surface area contributed by atoms with E-state index in [-0.39, 0.29) is 13.2 Å². The average Bonchev–Trinajstić information content (AvgIpc) is 1.82. The first-order valence-electron chi connectivity index (χ1n) is 2.63. The Bertz CT molecular complexity index is 97.8. The molecule has 0 aromatic carbocycles. The zero-order valence-electron chi connectivity index (χ0n) is 4.99. The highest BCUT2D eigenvalue weighted by atomic mass is 32.2. The van der Waals surface area contributed by atoms with E-state index in [2.05, 4.69) is 0 Å². The van der Waals surface area contributed by atoms with Crippen molar-refractivity contribution in [1.82, 2.24) is 0 Å². The van der Waals surface area contributed by atoms with Crippen LogP contribution in [-0.4, -0.2) is 32.3 Å². The molecule has 2 unspecified atom stereocenters. The standard InChI is InChI=1S/C4H11NO3S/c5-3-4(1-2-6)9(7)8/h4,6H,1-3,5H2,(H,7,8). The van der Waals surface area contributed by atoms with Gasteiger partial charge in [0.25, 0.3) is 0 Å². The summed E-state index contributed by atoms with van der Waals surface area (Å²) in [6.07, 6.45) is 0.291. The fourth-order valence-electron chi connectivity index (χ4n) is 0.445. The Kier molecular flexibility index (Phi) is 4.88. The number of hydrogen-bond donors (Lipinski definition) is 3. The summed E-state index contributed by atoms with van der Waals surface area (Å²) in [5, 5.41) is 7.84. The van der Waals surface area contributed by atoms with Crippen molar-refractivity contribution in [2.75, 3.05) is 13.2 Å². The molecular weight excluding hydrogens is 142 g/mol. The Morgan fingerprint density at radius 3 is 2.33 bits per heavy atom. The van der Waals surface area contributed by atoms with Crippen LogP contribution in [0.5, 0.6) is 0 Å². The van der Waals surface area contributed by atoms with Gasteiger partial charge in [-0.2, -0.15) is 0 Å². The molecule has 0 aromatic heterocycles. The van der Waals surface area contributed by atoms with Crippen LogP contribution in [0.1, 0.15) is 6.42 Å². The lowest BCUT2D eigenvalue weighted by Gasteiger charge is -2.05. The molecule has 5 heteroatoms. The molecule has 0 spiro atoms. The minimum absolute atomic E-state index is 0.0891. The molecule has 0 saturated carbocycles. The van der Waals surface area contributed by atoms with Gasteiger partial charge in [0.1, 0.15) is 0 Å². The SMILES string of the molecule is NCC(CCO)S(=O)O. The zero-order chi connectivity index (χ0) is 7.28. The maximum Gasteiger partial charge on any atom is 0.157 e. The van der Waals surface area contributed by atoms with E-state index >= 15 is 0 Å². The van der Waals surface area contributed by atoms with Crippen molar-refractivity contribution in [3.8, 4) is 0 Å². The number of aliphatic hydroxyl groups is 1. The molecule has 0 amide bonds. The first-order valence-corrected chi connectivity index (χ1v) is 3.80. The lowest BCUT2D eigenvalue weighted by atomic mass is 10.3. The van der Waals surface area contributed by atoms with Gasteiger partial charge < -0.3 is 15.4 Å². The van der Waals surface area contributed by atoms with Crippen molar-refractivity contribution < 1.29 is 13.9 Å². The zero-order valence-corrected chi connectivity index (χ0v) is 5.80. The highest BCUT2D eigenvalue weighted by Gasteiger charge is 2.10. The fourth-order valence-corrected chi connectivity index (χ4v) is 0.917. The van der Waals surface area contributed by atoms with Gasteiger partial charge in [0.05, 0.1) is 5.25 Å². The van der Waals surface area contributed by atoms with Crippen LogP contribution in [-0.2, 0) is 11.1 Å². The second-order valence-electron chi connectivity index (χ2n) is 1.65. The molecule has 0 saturated heterocycles. The quantitative estimate of drug-likeness (QED) is 0.448. The normalized spacial score (nSPS) is 17.2. The fraction of sp³-hybridized carbons (Fsp3) is 1.00. The minimum atomic E-state index is -1.89. The molecule has 4 N–H and O–H groups in total. The molecule has 0 aliphatic carbocycles. The number of hydrogen-bond acceptors (Lipinski definition) is 3. The van der Waals surface area contributed by atoms with E-state index in [1.54, 1.807) is 0 Å². The van der Waals surface area contributed by atoms with Crippen LogP contribution in [0, 0.1) is 0 Å². The van der Waals surface area contributed by atoms with Crippen LogP contribution in [0.2, 0.25) is 0 Å². The molecule has 0 radical (unpaired) electrons. The minimum Gasteiger partial charge on any atom is -0.396 e. The number of rotatable bonds is 4. The third-order valence-corrected chi connectivity index (χ3v) is 2.00. The molecule has 0 aromatic rings. The van der Waals surface area contributed by atoms with Crippen molar-refractivity contribution in [1.29, 1.82) is 0 Å². The summed E-state index contributed by atoms with van der Waals surface area (Å²) in [5.74, 6) is 0. The average molecular weight is 153 g/mol. The van der Waals surface area contributed by atoms with E-state index < -0.39 is 16.3 Å². The van der Waals surface area contributed by atoms with Gasteiger partial charge in [0, 0.05) is 13.2 Å². The molecular formula is C4H11NO3S. The van der Waals surface area contributed by atoms with Gasteiger partial charge in [0.2, 0.25) is 0 Å². The van der Waals surface area contributed by atoms with Gasteiger partial charge >= 0.3 is 0 Å². The summed E-state index contributed by atoms with van der Waals surface area (Å²) in [6.45, 7) is 0.0534. The maximum atomic E-state index is 10.2. The van der Waals surface area contributed by atoms with Crippen LogP contribution in [0.15, 0.2) is 0 Å². The molecule has 56 valence electrons. The van der Waals surface area contributed by atoms with E-state index in [9.17, 15) is 4.21 Å². The third kappa shape index (κ3) is 3.58. The van der Waals surface area contributed by atoms with Crippen molar-refractivity contribution in [2.24, 2.45) is 5.73 Å². The Balaban J connectivity index is 3.54. The third-order valence-electron chi connectivity index (χ3n) is 0.999. The van der Waals surface area contributed by atoms with E-state index in [0.717, 1.165) is 0 Å². The summed E-state index contributed by atoms with van der Waals surface area (Å²) in [5.41, 5.74) is 5.10. The summed E-state index contributed by atoms with van der Waals surface area (Å²) < 4.78 is 18.7. The molecule has 9 heavy (non-hydrogen) atoms. The topological polar surface area (TPSA) is 83.5 Å². The monoisotopic (exact) mass is 153 g/mol. The van der Waals surface area contributed by atoms with Crippen molar-refractivity contribution in [3.05, 3.63) is 0 Å². The highest BCUT2D eigenvalue weighted by molar-refractivity contribution is 7.79. The van der Waals surface area contributed by atoms with Gasteiger partial charge in [-0.25, -0.2) is 4.21 Å². The van der Waals surface area contributed by atoms with Crippen molar-refractivity contribution in [2.45, 2.75) is 11.7 Å². The van der Waals surface area contributed by atoms with Crippen LogP contribution >= 0.6 is 0 Å².